The zero-order valence-corrected chi connectivity index (χ0v) is 16.7. The molecule has 1 amide bonds. The highest BCUT2D eigenvalue weighted by Gasteiger charge is 2.27. The van der Waals surface area contributed by atoms with E-state index in [0.29, 0.717) is 36.0 Å². The summed E-state index contributed by atoms with van der Waals surface area (Å²) in [6.07, 6.45) is 8.26. The molecule has 0 N–H and O–H groups in total. The van der Waals surface area contributed by atoms with Crippen LogP contribution in [0.1, 0.15) is 32.7 Å². The van der Waals surface area contributed by atoms with Gasteiger partial charge in [0.25, 0.3) is 5.91 Å². The number of esters is 1. The van der Waals surface area contributed by atoms with Gasteiger partial charge in [-0.1, -0.05) is 12.1 Å². The van der Waals surface area contributed by atoms with Gasteiger partial charge in [0, 0.05) is 43.4 Å². The Hall–Kier alpha value is -3.61. The lowest BCUT2D eigenvalue weighted by molar-refractivity contribution is 0.0600. The van der Waals surface area contributed by atoms with Crippen LogP contribution in [-0.4, -0.2) is 51.9 Å². The molecule has 1 aliphatic rings. The average molecular weight is 402 g/mol. The first-order valence-electron chi connectivity index (χ1n) is 9.83. The number of ether oxygens (including phenoxy) is 1. The third kappa shape index (κ3) is 4.35. The summed E-state index contributed by atoms with van der Waals surface area (Å²) >= 11 is 0. The van der Waals surface area contributed by atoms with Gasteiger partial charge in [-0.15, -0.1) is 0 Å². The van der Waals surface area contributed by atoms with Crippen LogP contribution < -0.4 is 0 Å². The first kappa shape index (κ1) is 19.7. The summed E-state index contributed by atoms with van der Waals surface area (Å²) in [4.78, 5) is 39.1. The minimum Gasteiger partial charge on any atom is -0.465 e. The minimum atomic E-state index is -0.338. The van der Waals surface area contributed by atoms with E-state index in [1.54, 1.807) is 30.9 Å². The lowest BCUT2D eigenvalue weighted by atomic mass is 9.97. The number of likely N-dealkylation sites (tertiary alicyclic amines) is 1. The Morgan fingerprint density at radius 3 is 2.67 bits per heavy atom. The monoisotopic (exact) mass is 402 g/mol. The second-order valence-electron chi connectivity index (χ2n) is 7.34. The van der Waals surface area contributed by atoms with Gasteiger partial charge in [-0.25, -0.2) is 14.8 Å². The van der Waals surface area contributed by atoms with Gasteiger partial charge < -0.3 is 9.64 Å². The van der Waals surface area contributed by atoms with Crippen LogP contribution in [0.4, 0.5) is 0 Å². The highest BCUT2D eigenvalue weighted by atomic mass is 16.5. The van der Waals surface area contributed by atoms with Crippen molar-refractivity contribution in [2.45, 2.75) is 12.8 Å². The van der Waals surface area contributed by atoms with Crippen molar-refractivity contribution in [3.8, 4) is 11.4 Å². The van der Waals surface area contributed by atoms with Crippen LogP contribution in [0.3, 0.4) is 0 Å². The van der Waals surface area contributed by atoms with E-state index in [1.807, 2.05) is 35.2 Å². The predicted molar refractivity (Wildman–Crippen MR) is 111 cm³/mol. The molecule has 0 spiro atoms. The maximum absolute atomic E-state index is 12.8. The zero-order chi connectivity index (χ0) is 20.9. The third-order valence-corrected chi connectivity index (χ3v) is 5.26. The van der Waals surface area contributed by atoms with Gasteiger partial charge in [0.05, 0.1) is 18.2 Å². The molecule has 0 saturated carbocycles. The molecule has 7 nitrogen and oxygen atoms in total. The number of amides is 1. The quantitative estimate of drug-likeness (QED) is 0.610. The molecule has 0 aliphatic carbocycles. The first-order valence-corrected chi connectivity index (χ1v) is 9.83. The lowest BCUT2D eigenvalue weighted by Crippen LogP contribution is -2.29. The molecule has 2 aromatic heterocycles. The maximum Gasteiger partial charge on any atom is 0.337 e. The van der Waals surface area contributed by atoms with E-state index < -0.39 is 0 Å². The predicted octanol–water partition coefficient (Wildman–Crippen LogP) is 3.03. The Kier molecular flexibility index (Phi) is 5.79. The Morgan fingerprint density at radius 1 is 1.10 bits per heavy atom. The number of nitrogens with zero attached hydrogens (tertiary/aromatic N) is 4. The van der Waals surface area contributed by atoms with Crippen LogP contribution in [0.5, 0.6) is 0 Å². The normalized spacial score (nSPS) is 15.8. The molecule has 1 saturated heterocycles. The van der Waals surface area contributed by atoms with Crippen molar-refractivity contribution in [2.24, 2.45) is 5.92 Å². The van der Waals surface area contributed by atoms with E-state index in [1.165, 1.54) is 7.11 Å². The van der Waals surface area contributed by atoms with Gasteiger partial charge in [-0.2, -0.15) is 0 Å². The van der Waals surface area contributed by atoms with Crippen molar-refractivity contribution in [3.63, 3.8) is 0 Å². The molecule has 7 heteroatoms. The zero-order valence-electron chi connectivity index (χ0n) is 16.7. The fourth-order valence-corrected chi connectivity index (χ4v) is 3.73. The summed E-state index contributed by atoms with van der Waals surface area (Å²) in [5, 5.41) is 0. The second-order valence-corrected chi connectivity index (χ2v) is 7.34. The number of rotatable bonds is 5. The highest BCUT2D eigenvalue weighted by molar-refractivity contribution is 5.94. The number of carbonyl (C=O) groups excluding carboxylic acids is 2. The molecule has 0 radical (unpaired) electrons. The van der Waals surface area contributed by atoms with E-state index in [2.05, 4.69) is 15.0 Å². The van der Waals surface area contributed by atoms with Gasteiger partial charge in [0.2, 0.25) is 0 Å². The number of benzene rings is 1. The molecule has 1 fully saturated rings. The van der Waals surface area contributed by atoms with Gasteiger partial charge in [-0.3, -0.25) is 9.78 Å². The highest BCUT2D eigenvalue weighted by Crippen LogP contribution is 2.23. The van der Waals surface area contributed by atoms with E-state index in [9.17, 15) is 9.59 Å². The number of pyridine rings is 1. The summed E-state index contributed by atoms with van der Waals surface area (Å²) in [5.74, 6) is 0.496. The van der Waals surface area contributed by atoms with E-state index in [4.69, 9.17) is 4.74 Å². The lowest BCUT2D eigenvalue weighted by Gasteiger charge is -2.16. The molecule has 152 valence electrons. The van der Waals surface area contributed by atoms with Crippen molar-refractivity contribution >= 4 is 11.9 Å². The number of aromatic nitrogens is 3. The SMILES string of the molecule is COC(=O)c1cccc(CC2CCN(C(=O)c3cnc(-c4cccnc4)nc3)C2)c1. The number of hydrogen-bond donors (Lipinski definition) is 0. The average Bonchev–Trinajstić information content (AvgIpc) is 3.27. The van der Waals surface area contributed by atoms with E-state index in [-0.39, 0.29) is 11.9 Å². The van der Waals surface area contributed by atoms with Crippen LogP contribution in [0.2, 0.25) is 0 Å². The molecule has 0 bridgehead atoms. The van der Waals surface area contributed by atoms with Crippen molar-refractivity contribution in [3.05, 3.63) is 77.9 Å². The fourth-order valence-electron chi connectivity index (χ4n) is 3.73. The van der Waals surface area contributed by atoms with Gasteiger partial charge >= 0.3 is 5.97 Å². The standard InChI is InChI=1S/C23H22N4O3/c1-30-23(29)18-5-2-4-16(11-18)10-17-7-9-27(15-17)22(28)20-13-25-21(26-14-20)19-6-3-8-24-12-19/h2-6,8,11-14,17H,7,9-10,15H2,1H3. The Balaban J connectivity index is 1.38. The summed E-state index contributed by atoms with van der Waals surface area (Å²) in [6.45, 7) is 1.37. The molecule has 1 aliphatic heterocycles. The maximum atomic E-state index is 12.8. The molecule has 30 heavy (non-hydrogen) atoms. The molecule has 3 heterocycles. The first-order chi connectivity index (χ1) is 14.6. The number of carbonyl (C=O) groups is 2. The summed E-state index contributed by atoms with van der Waals surface area (Å²) < 4.78 is 4.79. The fraction of sp³-hybridized carbons (Fsp3) is 0.261. The van der Waals surface area contributed by atoms with Crippen LogP contribution in [-0.2, 0) is 11.2 Å². The summed E-state index contributed by atoms with van der Waals surface area (Å²) in [7, 11) is 1.38. The molecular weight excluding hydrogens is 380 g/mol. The second kappa shape index (κ2) is 8.82. The van der Waals surface area contributed by atoms with Gasteiger partial charge in [-0.05, 0) is 48.6 Å². The van der Waals surface area contributed by atoms with Crippen molar-refractivity contribution < 1.29 is 14.3 Å². The van der Waals surface area contributed by atoms with Crippen molar-refractivity contribution in [1.29, 1.82) is 0 Å². The topological polar surface area (TPSA) is 85.3 Å². The van der Waals surface area contributed by atoms with E-state index in [0.717, 1.165) is 24.0 Å². The van der Waals surface area contributed by atoms with Gasteiger partial charge in [0.15, 0.2) is 5.82 Å². The van der Waals surface area contributed by atoms with Crippen LogP contribution in [0.15, 0.2) is 61.2 Å². The summed E-state index contributed by atoms with van der Waals surface area (Å²) in [6, 6.07) is 11.2. The van der Waals surface area contributed by atoms with Crippen LogP contribution in [0.25, 0.3) is 11.4 Å². The molecule has 1 unspecified atom stereocenters. The number of hydrogen-bond acceptors (Lipinski definition) is 6. The molecular formula is C23H22N4O3. The molecule has 1 aromatic carbocycles. The Labute approximate surface area is 174 Å². The molecule has 1 atom stereocenters. The minimum absolute atomic E-state index is 0.0569. The van der Waals surface area contributed by atoms with Crippen molar-refractivity contribution in [1.82, 2.24) is 19.9 Å². The Bertz CT molecular complexity index is 1040. The third-order valence-electron chi connectivity index (χ3n) is 5.26. The molecule has 3 aromatic rings. The van der Waals surface area contributed by atoms with Crippen molar-refractivity contribution in [2.75, 3.05) is 20.2 Å². The van der Waals surface area contributed by atoms with Gasteiger partial charge in [0.1, 0.15) is 0 Å². The smallest absolute Gasteiger partial charge is 0.337 e. The summed E-state index contributed by atoms with van der Waals surface area (Å²) in [5.41, 5.74) is 2.91. The largest absolute Gasteiger partial charge is 0.465 e. The molecule has 4 rings (SSSR count). The number of methoxy groups -OCH3 is 1. The van der Waals surface area contributed by atoms with Crippen LogP contribution >= 0.6 is 0 Å². The Morgan fingerprint density at radius 2 is 1.93 bits per heavy atom. The van der Waals surface area contributed by atoms with Crippen LogP contribution in [0, 0.1) is 5.92 Å². The van der Waals surface area contributed by atoms with E-state index >= 15 is 0 Å².